The van der Waals surface area contributed by atoms with Crippen LogP contribution in [-0.4, -0.2) is 25.2 Å². The van der Waals surface area contributed by atoms with Crippen LogP contribution in [0.15, 0.2) is 41.3 Å². The highest BCUT2D eigenvalue weighted by molar-refractivity contribution is 7.91. The summed E-state index contributed by atoms with van der Waals surface area (Å²) >= 11 is 0. The van der Waals surface area contributed by atoms with Crippen LogP contribution in [0.3, 0.4) is 0 Å². The van der Waals surface area contributed by atoms with Gasteiger partial charge in [-0.15, -0.1) is 0 Å². The van der Waals surface area contributed by atoms with E-state index < -0.39 is 15.8 Å². The van der Waals surface area contributed by atoms with Gasteiger partial charge in [0.15, 0.2) is 9.84 Å². The summed E-state index contributed by atoms with van der Waals surface area (Å²) in [4.78, 5) is 10.6. The van der Waals surface area contributed by atoms with E-state index in [1.165, 1.54) is 6.07 Å². The number of hydrogen-bond acceptors (Lipinski definition) is 3. The molecule has 2 rings (SSSR count). The number of aliphatic carboxylic acids is 1. The van der Waals surface area contributed by atoms with Gasteiger partial charge >= 0.3 is 5.97 Å². The van der Waals surface area contributed by atoms with Crippen LogP contribution in [-0.2, 0) is 14.6 Å². The van der Waals surface area contributed by atoms with Crippen molar-refractivity contribution in [2.24, 2.45) is 0 Å². The van der Waals surface area contributed by atoms with Crippen LogP contribution < -0.4 is 0 Å². The van der Waals surface area contributed by atoms with Gasteiger partial charge in [0.25, 0.3) is 0 Å². The molecule has 0 fully saturated rings. The van der Waals surface area contributed by atoms with Crippen LogP contribution >= 0.6 is 0 Å². The molecule has 0 spiro atoms. The van der Waals surface area contributed by atoms with Crippen LogP contribution in [0.25, 0.3) is 10.8 Å². The zero-order valence-corrected chi connectivity index (χ0v) is 11.3. The molecule has 4 nitrogen and oxygen atoms in total. The van der Waals surface area contributed by atoms with Crippen LogP contribution in [0.1, 0.15) is 12.0 Å². The predicted octanol–water partition coefficient (Wildman–Crippen LogP) is 2.40. The third kappa shape index (κ3) is 3.12. The van der Waals surface area contributed by atoms with Gasteiger partial charge in [-0.2, -0.15) is 0 Å². The fourth-order valence-electron chi connectivity index (χ4n) is 1.88. The van der Waals surface area contributed by atoms with Crippen molar-refractivity contribution < 1.29 is 18.3 Å². The molecule has 0 atom stereocenters. The van der Waals surface area contributed by atoms with Gasteiger partial charge in [0.05, 0.1) is 17.1 Å². The molecule has 100 valence electrons. The van der Waals surface area contributed by atoms with Gasteiger partial charge in [-0.25, -0.2) is 8.42 Å². The van der Waals surface area contributed by atoms with Gasteiger partial charge in [0, 0.05) is 0 Å². The fraction of sp³-hybridized carbons (Fsp3) is 0.214. The number of hydrogen-bond donors (Lipinski definition) is 1. The minimum Gasteiger partial charge on any atom is -0.481 e. The first-order valence-corrected chi connectivity index (χ1v) is 7.49. The first kappa shape index (κ1) is 13.5. The SMILES string of the molecule is Cc1ccc2cc(S(=O)(=O)CCC(=O)O)ccc2c1. The molecule has 0 unspecified atom stereocenters. The molecule has 0 aliphatic rings. The second-order valence-electron chi connectivity index (χ2n) is 4.48. The Morgan fingerprint density at radius 1 is 1.11 bits per heavy atom. The third-order valence-corrected chi connectivity index (χ3v) is 4.62. The molecule has 0 aromatic heterocycles. The predicted molar refractivity (Wildman–Crippen MR) is 73.0 cm³/mol. The molecule has 5 heteroatoms. The van der Waals surface area contributed by atoms with Crippen LogP contribution in [0, 0.1) is 6.92 Å². The van der Waals surface area contributed by atoms with Gasteiger partial charge in [0.1, 0.15) is 0 Å². The van der Waals surface area contributed by atoms with Gasteiger partial charge in [-0.3, -0.25) is 4.79 Å². The lowest BCUT2D eigenvalue weighted by Crippen LogP contribution is -2.10. The molecule has 0 radical (unpaired) electrons. The highest BCUT2D eigenvalue weighted by atomic mass is 32.2. The number of sulfone groups is 1. The minimum atomic E-state index is -3.54. The van der Waals surface area contributed by atoms with Gasteiger partial charge in [-0.1, -0.05) is 29.8 Å². The zero-order valence-electron chi connectivity index (χ0n) is 10.5. The van der Waals surface area contributed by atoms with Gasteiger partial charge in [0.2, 0.25) is 0 Å². The molecule has 0 bridgehead atoms. The first-order valence-electron chi connectivity index (χ1n) is 5.83. The lowest BCUT2D eigenvalue weighted by molar-refractivity contribution is -0.136. The Morgan fingerprint density at radius 2 is 1.74 bits per heavy atom. The van der Waals surface area contributed by atoms with Crippen molar-refractivity contribution in [2.45, 2.75) is 18.2 Å². The van der Waals surface area contributed by atoms with Crippen molar-refractivity contribution in [1.82, 2.24) is 0 Å². The minimum absolute atomic E-state index is 0.171. The molecule has 0 amide bonds. The van der Waals surface area contributed by atoms with Crippen molar-refractivity contribution in [3.63, 3.8) is 0 Å². The van der Waals surface area contributed by atoms with E-state index in [1.807, 2.05) is 25.1 Å². The molecule has 2 aromatic rings. The number of rotatable bonds is 4. The monoisotopic (exact) mass is 278 g/mol. The molecule has 0 saturated heterocycles. The average Bonchev–Trinajstić information content (AvgIpc) is 2.36. The quantitative estimate of drug-likeness (QED) is 0.932. The third-order valence-electron chi connectivity index (χ3n) is 2.91. The molecule has 0 heterocycles. The summed E-state index contributed by atoms with van der Waals surface area (Å²) < 4.78 is 24.0. The second kappa shape index (κ2) is 5.01. The summed E-state index contributed by atoms with van der Waals surface area (Å²) in [6.45, 7) is 1.97. The van der Waals surface area contributed by atoms with E-state index in [9.17, 15) is 13.2 Å². The summed E-state index contributed by atoms with van der Waals surface area (Å²) in [5, 5.41) is 10.4. The number of fused-ring (bicyclic) bond motifs is 1. The Morgan fingerprint density at radius 3 is 2.42 bits per heavy atom. The average molecular weight is 278 g/mol. The molecule has 19 heavy (non-hydrogen) atoms. The number of carboxylic acids is 1. The number of carboxylic acid groups (broad SMARTS) is 1. The summed E-state index contributed by atoms with van der Waals surface area (Å²) in [7, 11) is -3.54. The lowest BCUT2D eigenvalue weighted by atomic mass is 10.1. The summed E-state index contributed by atoms with van der Waals surface area (Å²) in [6.07, 6.45) is -0.381. The van der Waals surface area contributed by atoms with E-state index in [-0.39, 0.29) is 17.1 Å². The fourth-order valence-corrected chi connectivity index (χ4v) is 3.14. The molecule has 2 aromatic carbocycles. The van der Waals surface area contributed by atoms with Crippen molar-refractivity contribution in [1.29, 1.82) is 0 Å². The summed E-state index contributed by atoms with van der Waals surface area (Å²) in [6, 6.07) is 10.6. The van der Waals surface area contributed by atoms with Gasteiger partial charge < -0.3 is 5.11 Å². The summed E-state index contributed by atoms with van der Waals surface area (Å²) in [5.74, 6) is -1.49. The second-order valence-corrected chi connectivity index (χ2v) is 6.58. The topological polar surface area (TPSA) is 71.4 Å². The van der Waals surface area contributed by atoms with Gasteiger partial charge in [-0.05, 0) is 29.8 Å². The molecule has 0 saturated carbocycles. The Hall–Kier alpha value is -1.88. The standard InChI is InChI=1S/C14H14O4S/c1-10-2-3-12-9-13(5-4-11(12)8-10)19(17,18)7-6-14(15)16/h2-5,8-9H,6-7H2,1H3,(H,15,16). The van der Waals surface area contributed by atoms with Crippen LogP contribution in [0.5, 0.6) is 0 Å². The zero-order chi connectivity index (χ0) is 14.0. The Labute approximate surface area is 111 Å². The van der Waals surface area contributed by atoms with Crippen molar-refractivity contribution in [3.05, 3.63) is 42.0 Å². The molecule has 0 aliphatic heterocycles. The molecule has 1 N–H and O–H groups in total. The van der Waals surface area contributed by atoms with Crippen molar-refractivity contribution in [2.75, 3.05) is 5.75 Å². The van der Waals surface area contributed by atoms with E-state index in [0.29, 0.717) is 0 Å². The number of aryl methyl sites for hydroxylation is 1. The van der Waals surface area contributed by atoms with Crippen LogP contribution in [0.4, 0.5) is 0 Å². The highest BCUT2D eigenvalue weighted by Crippen LogP contribution is 2.21. The van der Waals surface area contributed by atoms with Crippen molar-refractivity contribution >= 4 is 26.6 Å². The molecular weight excluding hydrogens is 264 g/mol. The molecular formula is C14H14O4S. The highest BCUT2D eigenvalue weighted by Gasteiger charge is 2.16. The maximum atomic E-state index is 12.0. The van der Waals surface area contributed by atoms with Crippen molar-refractivity contribution in [3.8, 4) is 0 Å². The first-order chi connectivity index (χ1) is 8.88. The molecule has 0 aliphatic carbocycles. The van der Waals surface area contributed by atoms with E-state index in [0.717, 1.165) is 16.3 Å². The lowest BCUT2D eigenvalue weighted by Gasteiger charge is -2.05. The number of carbonyl (C=O) groups is 1. The van der Waals surface area contributed by atoms with Crippen LogP contribution in [0.2, 0.25) is 0 Å². The Kier molecular flexibility index (Phi) is 3.57. The van der Waals surface area contributed by atoms with E-state index >= 15 is 0 Å². The van der Waals surface area contributed by atoms with E-state index in [2.05, 4.69) is 0 Å². The maximum absolute atomic E-state index is 12.0. The number of benzene rings is 2. The normalized spacial score (nSPS) is 11.6. The Balaban J connectivity index is 2.40. The van der Waals surface area contributed by atoms with E-state index in [4.69, 9.17) is 5.11 Å². The Bertz CT molecular complexity index is 732. The maximum Gasteiger partial charge on any atom is 0.304 e. The van der Waals surface area contributed by atoms with E-state index in [1.54, 1.807) is 12.1 Å². The summed E-state index contributed by atoms with van der Waals surface area (Å²) in [5.41, 5.74) is 1.11. The smallest absolute Gasteiger partial charge is 0.304 e. The largest absolute Gasteiger partial charge is 0.481 e.